The molecule has 1 aliphatic rings. The molecule has 0 spiro atoms. The number of nitrogens with zero attached hydrogens (tertiary/aromatic N) is 3. The third-order valence-electron chi connectivity index (χ3n) is 4.49. The van der Waals surface area contributed by atoms with E-state index >= 15 is 0 Å². The fourth-order valence-electron chi connectivity index (χ4n) is 3.12. The lowest BCUT2D eigenvalue weighted by atomic mass is 10.1. The molecular formula is C16H17N5O7S. The number of imidazole rings is 1. The minimum Gasteiger partial charge on any atom is -0.508 e. The Bertz CT molecular complexity index is 1190. The van der Waals surface area contributed by atoms with Gasteiger partial charge in [0.25, 0.3) is 0 Å². The van der Waals surface area contributed by atoms with Crippen LogP contribution in [0.1, 0.15) is 0 Å². The highest BCUT2D eigenvalue weighted by molar-refractivity contribution is 8.00. The van der Waals surface area contributed by atoms with E-state index in [1.165, 1.54) is 12.1 Å². The van der Waals surface area contributed by atoms with E-state index in [1.54, 1.807) is 0 Å². The average molecular weight is 424 g/mol. The van der Waals surface area contributed by atoms with Gasteiger partial charge in [0.05, 0.1) is 11.5 Å². The van der Waals surface area contributed by atoms with Crippen molar-refractivity contribution in [3.63, 3.8) is 0 Å². The summed E-state index contributed by atoms with van der Waals surface area (Å²) in [4.78, 5) is 20.3. The molecule has 0 aliphatic carbocycles. The number of aromatic hydroxyl groups is 2. The lowest BCUT2D eigenvalue weighted by molar-refractivity contribution is -0.0776. The average Bonchev–Trinajstić information content (AvgIpc) is 3.25. The van der Waals surface area contributed by atoms with E-state index in [9.17, 15) is 30.3 Å². The van der Waals surface area contributed by atoms with E-state index in [0.29, 0.717) is 16.7 Å². The van der Waals surface area contributed by atoms with Crippen LogP contribution in [0.3, 0.4) is 0 Å². The van der Waals surface area contributed by atoms with Crippen molar-refractivity contribution in [2.45, 2.75) is 28.3 Å². The summed E-state index contributed by atoms with van der Waals surface area (Å²) in [6.45, 7) is -0.647. The zero-order valence-corrected chi connectivity index (χ0v) is 15.4. The number of nitrogen functional groups attached to an aromatic ring is 1. The molecule has 2 aromatic heterocycles. The maximum absolute atomic E-state index is 12.2. The Morgan fingerprint density at radius 2 is 2.17 bits per heavy atom. The number of benzene rings is 1. The quantitative estimate of drug-likeness (QED) is 0.260. The van der Waals surface area contributed by atoms with Gasteiger partial charge in [-0.15, -0.1) is 0 Å². The SMILES string of the molecule is [2H]n1c(N)nc(=O)c2ncn([C@]3(Sc4ccc(O)cc4O)O[C@H](CO)[C@@H](O)[C@H]3O)c21. The molecule has 1 saturated heterocycles. The Morgan fingerprint density at radius 3 is 2.83 bits per heavy atom. The number of ether oxygens (including phenoxy) is 1. The lowest BCUT2D eigenvalue weighted by Gasteiger charge is -2.33. The maximum Gasteiger partial charge on any atom is 0.302 e. The molecule has 0 unspecified atom stereocenters. The highest BCUT2D eigenvalue weighted by Crippen LogP contribution is 2.51. The third kappa shape index (κ3) is 2.99. The van der Waals surface area contributed by atoms with E-state index in [0.717, 1.165) is 17.0 Å². The predicted molar refractivity (Wildman–Crippen MR) is 100 cm³/mol. The van der Waals surface area contributed by atoms with Gasteiger partial charge in [-0.1, -0.05) is 11.8 Å². The second kappa shape index (κ2) is 6.89. The zero-order valence-electron chi connectivity index (χ0n) is 15.6. The van der Waals surface area contributed by atoms with Crippen LogP contribution in [-0.2, 0) is 9.79 Å². The van der Waals surface area contributed by atoms with Gasteiger partial charge in [-0.3, -0.25) is 9.36 Å². The molecule has 0 bridgehead atoms. The second-order valence-electron chi connectivity index (χ2n) is 6.33. The first-order valence-electron chi connectivity index (χ1n) is 8.75. The molecular weight excluding hydrogens is 406 g/mol. The van der Waals surface area contributed by atoms with Gasteiger partial charge < -0.3 is 41.0 Å². The number of nitrogens with one attached hydrogen (secondary N) is 1. The smallest absolute Gasteiger partial charge is 0.302 e. The van der Waals surface area contributed by atoms with Gasteiger partial charge in [0.1, 0.15) is 41.8 Å². The molecule has 12 nitrogen and oxygen atoms in total. The van der Waals surface area contributed by atoms with Crippen LogP contribution >= 0.6 is 11.8 Å². The summed E-state index contributed by atoms with van der Waals surface area (Å²) in [6, 6.07) is 3.69. The number of phenolic OH excluding ortho intramolecular Hbond substituents is 2. The molecule has 4 rings (SSSR count). The van der Waals surface area contributed by atoms with Gasteiger partial charge in [0.15, 0.2) is 6.93 Å². The number of rotatable bonds is 4. The summed E-state index contributed by atoms with van der Waals surface area (Å²) in [6.07, 6.45) is -3.38. The Morgan fingerprint density at radius 1 is 1.41 bits per heavy atom. The number of H-pyrrole nitrogens is 1. The molecule has 154 valence electrons. The second-order valence-corrected chi connectivity index (χ2v) is 7.56. The van der Waals surface area contributed by atoms with E-state index in [-0.39, 0.29) is 27.6 Å². The van der Waals surface area contributed by atoms with Crippen molar-refractivity contribution in [1.29, 1.82) is 0 Å². The molecule has 0 saturated carbocycles. The lowest BCUT2D eigenvalue weighted by Crippen LogP contribution is -2.43. The molecule has 3 aromatic rings. The highest BCUT2D eigenvalue weighted by atomic mass is 32.2. The fraction of sp³-hybridized carbons (Fsp3) is 0.312. The van der Waals surface area contributed by atoms with Crippen LogP contribution in [-0.4, -0.2) is 70.0 Å². The van der Waals surface area contributed by atoms with Gasteiger partial charge in [-0.2, -0.15) is 4.98 Å². The van der Waals surface area contributed by atoms with Crippen LogP contribution in [0.2, 0.25) is 1.41 Å². The molecule has 0 radical (unpaired) electrons. The molecule has 13 heteroatoms. The molecule has 1 aromatic carbocycles. The van der Waals surface area contributed by atoms with E-state index in [2.05, 4.69) is 9.97 Å². The van der Waals surface area contributed by atoms with Crippen LogP contribution in [0.25, 0.3) is 11.2 Å². The monoisotopic (exact) mass is 424 g/mol. The van der Waals surface area contributed by atoms with Gasteiger partial charge in [-0.25, -0.2) is 4.98 Å². The number of aliphatic hydroxyl groups excluding tert-OH is 3. The van der Waals surface area contributed by atoms with Gasteiger partial charge in [-0.05, 0) is 12.1 Å². The normalized spacial score (nSPS) is 27.4. The van der Waals surface area contributed by atoms with E-state index in [4.69, 9.17) is 11.9 Å². The van der Waals surface area contributed by atoms with Gasteiger partial charge in [0, 0.05) is 6.07 Å². The number of aliphatic hydroxyl groups is 3. The number of thioether (sulfide) groups is 1. The Hall–Kier alpha value is -2.84. The Balaban J connectivity index is 1.98. The number of anilines is 1. The number of phenols is 2. The molecule has 3 heterocycles. The number of hydrogen-bond acceptors (Lipinski definition) is 11. The van der Waals surface area contributed by atoms with Crippen molar-refractivity contribution >= 4 is 28.9 Å². The summed E-state index contributed by atoms with van der Waals surface area (Å²) in [5.74, 6) is -1.02. The summed E-state index contributed by atoms with van der Waals surface area (Å²) in [5.41, 5.74) is 4.37. The Kier molecular flexibility index (Phi) is 4.33. The standard InChI is InChI=1S/C16H17N5O7S/c17-15-19-13-10(14(27)20-15)18-5-21(13)16(12(26)11(25)8(4-22)28-16)29-9-2-1-6(23)3-7(9)24/h1-3,5,8,11-12,22-26H,4H2,(H3,17,19,20,27)/t8-,11-,12-,16+/m1/s1/i/hD. The minimum absolute atomic E-state index is 0.125. The van der Waals surface area contributed by atoms with Crippen molar-refractivity contribution in [2.24, 2.45) is 0 Å². The van der Waals surface area contributed by atoms with Crippen LogP contribution in [0, 0.1) is 0 Å². The minimum atomic E-state index is -1.97. The number of fused-ring (bicyclic) bond motifs is 1. The van der Waals surface area contributed by atoms with Crippen molar-refractivity contribution in [2.75, 3.05) is 12.3 Å². The van der Waals surface area contributed by atoms with Crippen molar-refractivity contribution in [1.82, 2.24) is 19.5 Å². The molecule has 8 N–H and O–H groups in total. The molecule has 1 aliphatic heterocycles. The van der Waals surface area contributed by atoms with Crippen LogP contribution in [0.4, 0.5) is 5.95 Å². The van der Waals surface area contributed by atoms with Crippen LogP contribution in [0.5, 0.6) is 11.5 Å². The third-order valence-corrected chi connectivity index (χ3v) is 5.89. The number of nitrogens with two attached hydrogens (primary N) is 1. The summed E-state index contributed by atoms with van der Waals surface area (Å²) in [7, 11) is 0. The first kappa shape index (κ1) is 18.2. The predicted octanol–water partition coefficient (Wildman–Crippen LogP) is -1.37. The van der Waals surface area contributed by atoms with Crippen LogP contribution < -0.4 is 11.3 Å². The van der Waals surface area contributed by atoms with Crippen molar-refractivity contribution < 1.29 is 31.7 Å². The van der Waals surface area contributed by atoms with E-state index < -0.39 is 41.5 Å². The zero-order chi connectivity index (χ0) is 21.8. The molecule has 29 heavy (non-hydrogen) atoms. The highest BCUT2D eigenvalue weighted by Gasteiger charge is 2.57. The van der Waals surface area contributed by atoms with E-state index in [1.807, 2.05) is 0 Å². The van der Waals surface area contributed by atoms with Gasteiger partial charge in [0.2, 0.25) is 11.0 Å². The fourth-order valence-corrected chi connectivity index (χ4v) is 4.40. The largest absolute Gasteiger partial charge is 0.508 e. The number of aromatic amines is 1. The number of aromatic nitrogens is 4. The first-order valence-corrected chi connectivity index (χ1v) is 9.12. The van der Waals surface area contributed by atoms with Crippen LogP contribution in [0.15, 0.2) is 34.2 Å². The summed E-state index contributed by atoms with van der Waals surface area (Å²) < 4.78 is 15.1. The van der Waals surface area contributed by atoms with Crippen molar-refractivity contribution in [3.8, 4) is 11.5 Å². The van der Waals surface area contributed by atoms with Crippen molar-refractivity contribution in [3.05, 3.63) is 34.9 Å². The molecule has 1 fully saturated rings. The Labute approximate surface area is 167 Å². The molecule has 4 atom stereocenters. The summed E-state index contributed by atoms with van der Waals surface area (Å²) >= 11 is 0.717. The topological polar surface area (TPSA) is 200 Å². The summed E-state index contributed by atoms with van der Waals surface area (Å²) in [5, 5.41) is 48.6. The maximum atomic E-state index is 12.2. The van der Waals surface area contributed by atoms with Gasteiger partial charge >= 0.3 is 5.56 Å². The number of hydrogen-bond donors (Lipinski definition) is 7. The first-order chi connectivity index (χ1) is 14.2. The molecule has 0 amide bonds.